The first-order valence-electron chi connectivity index (χ1n) is 5.34. The number of hydrogen-bond acceptors (Lipinski definition) is 2. The highest BCUT2D eigenvalue weighted by atomic mass is 19.1. The van der Waals surface area contributed by atoms with Gasteiger partial charge in [-0.25, -0.2) is 8.78 Å². The molecule has 17 heavy (non-hydrogen) atoms. The standard InChI is InChI=1S/C13H14F2O2/c1-7(2)12(16)6-13(17)9-5-10(14)8(3)4-11(9)15/h4-5,7H,6H2,1-3H3. The third kappa shape index (κ3) is 3.19. The van der Waals surface area contributed by atoms with Crippen LogP contribution in [0.25, 0.3) is 0 Å². The van der Waals surface area contributed by atoms with E-state index in [1.807, 2.05) is 0 Å². The Kier molecular flexibility index (Phi) is 4.10. The summed E-state index contributed by atoms with van der Waals surface area (Å²) in [4.78, 5) is 23.0. The molecule has 4 heteroatoms. The normalized spacial score (nSPS) is 10.7. The van der Waals surface area contributed by atoms with Crippen LogP contribution in [0.3, 0.4) is 0 Å². The van der Waals surface area contributed by atoms with E-state index in [2.05, 4.69) is 0 Å². The maximum Gasteiger partial charge on any atom is 0.173 e. The van der Waals surface area contributed by atoms with Crippen LogP contribution in [0.15, 0.2) is 12.1 Å². The summed E-state index contributed by atoms with van der Waals surface area (Å²) in [5, 5.41) is 0. The first kappa shape index (κ1) is 13.5. The maximum absolute atomic E-state index is 13.4. The molecule has 0 aromatic heterocycles. The van der Waals surface area contributed by atoms with Crippen LogP contribution in [0, 0.1) is 24.5 Å². The molecule has 0 aliphatic heterocycles. The second-order valence-electron chi connectivity index (χ2n) is 4.30. The largest absolute Gasteiger partial charge is 0.299 e. The van der Waals surface area contributed by atoms with Crippen LogP contribution < -0.4 is 0 Å². The zero-order valence-electron chi connectivity index (χ0n) is 10.0. The molecule has 0 atom stereocenters. The molecule has 0 heterocycles. The van der Waals surface area contributed by atoms with Crippen molar-refractivity contribution in [3.63, 3.8) is 0 Å². The molecule has 2 nitrogen and oxygen atoms in total. The Morgan fingerprint density at radius 1 is 1.18 bits per heavy atom. The number of rotatable bonds is 4. The molecular weight excluding hydrogens is 226 g/mol. The van der Waals surface area contributed by atoms with E-state index in [9.17, 15) is 18.4 Å². The fraction of sp³-hybridized carbons (Fsp3) is 0.385. The van der Waals surface area contributed by atoms with Crippen LogP contribution in [0.2, 0.25) is 0 Å². The number of hydrogen-bond donors (Lipinski definition) is 0. The zero-order valence-corrected chi connectivity index (χ0v) is 10.0. The summed E-state index contributed by atoms with van der Waals surface area (Å²) in [5.41, 5.74) is -0.226. The van der Waals surface area contributed by atoms with E-state index in [0.717, 1.165) is 12.1 Å². The molecule has 0 saturated carbocycles. The van der Waals surface area contributed by atoms with Crippen molar-refractivity contribution in [2.24, 2.45) is 5.92 Å². The fourth-order valence-electron chi connectivity index (χ4n) is 1.32. The average Bonchev–Trinajstić information content (AvgIpc) is 2.22. The van der Waals surface area contributed by atoms with Crippen LogP contribution in [-0.4, -0.2) is 11.6 Å². The average molecular weight is 240 g/mol. The summed E-state index contributed by atoms with van der Waals surface area (Å²) < 4.78 is 26.6. The fourth-order valence-corrected chi connectivity index (χ4v) is 1.32. The van der Waals surface area contributed by atoms with Gasteiger partial charge in [0.1, 0.15) is 17.4 Å². The lowest BCUT2D eigenvalue weighted by molar-refractivity contribution is -0.121. The van der Waals surface area contributed by atoms with Gasteiger partial charge in [0, 0.05) is 5.92 Å². The van der Waals surface area contributed by atoms with Crippen molar-refractivity contribution in [1.82, 2.24) is 0 Å². The minimum Gasteiger partial charge on any atom is -0.299 e. The number of carbonyl (C=O) groups excluding carboxylic acids is 2. The SMILES string of the molecule is Cc1cc(F)c(C(=O)CC(=O)C(C)C)cc1F. The molecule has 0 fully saturated rings. The van der Waals surface area contributed by atoms with Crippen molar-refractivity contribution in [2.75, 3.05) is 0 Å². The Hall–Kier alpha value is -1.58. The Bertz CT molecular complexity index is 465. The summed E-state index contributed by atoms with van der Waals surface area (Å²) in [6.07, 6.45) is -0.392. The molecule has 0 amide bonds. The van der Waals surface area contributed by atoms with E-state index in [-0.39, 0.29) is 22.8 Å². The highest BCUT2D eigenvalue weighted by Crippen LogP contribution is 2.16. The van der Waals surface area contributed by atoms with Crippen LogP contribution >= 0.6 is 0 Å². The smallest absolute Gasteiger partial charge is 0.173 e. The molecule has 0 aliphatic rings. The summed E-state index contributed by atoms with van der Waals surface area (Å²) >= 11 is 0. The Balaban J connectivity index is 2.97. The molecule has 0 N–H and O–H groups in total. The number of carbonyl (C=O) groups is 2. The van der Waals surface area contributed by atoms with Gasteiger partial charge < -0.3 is 0 Å². The second-order valence-corrected chi connectivity index (χ2v) is 4.30. The lowest BCUT2D eigenvalue weighted by atomic mass is 9.99. The molecule has 0 radical (unpaired) electrons. The summed E-state index contributed by atoms with van der Waals surface area (Å²) in [7, 11) is 0. The second kappa shape index (κ2) is 5.17. The number of benzene rings is 1. The van der Waals surface area contributed by atoms with E-state index in [4.69, 9.17) is 0 Å². The maximum atomic E-state index is 13.4. The number of Topliss-reactive ketones (excluding diaryl/α,β-unsaturated/α-hetero) is 2. The van der Waals surface area contributed by atoms with Gasteiger partial charge in [0.2, 0.25) is 0 Å². The van der Waals surface area contributed by atoms with E-state index >= 15 is 0 Å². The van der Waals surface area contributed by atoms with Crippen LogP contribution in [0.5, 0.6) is 0 Å². The van der Waals surface area contributed by atoms with Crippen molar-refractivity contribution >= 4 is 11.6 Å². The molecule has 92 valence electrons. The van der Waals surface area contributed by atoms with Gasteiger partial charge in [0.05, 0.1) is 12.0 Å². The molecule has 0 saturated heterocycles. The van der Waals surface area contributed by atoms with Crippen LogP contribution in [-0.2, 0) is 4.79 Å². The van der Waals surface area contributed by atoms with Crippen LogP contribution in [0.4, 0.5) is 8.78 Å². The highest BCUT2D eigenvalue weighted by molar-refractivity contribution is 6.08. The van der Waals surface area contributed by atoms with Gasteiger partial charge in [0.15, 0.2) is 5.78 Å². The van der Waals surface area contributed by atoms with Crippen molar-refractivity contribution in [3.05, 3.63) is 34.9 Å². The topological polar surface area (TPSA) is 34.1 Å². The monoisotopic (exact) mass is 240 g/mol. The van der Waals surface area contributed by atoms with Crippen molar-refractivity contribution in [1.29, 1.82) is 0 Å². The van der Waals surface area contributed by atoms with Crippen molar-refractivity contribution in [3.8, 4) is 0 Å². The summed E-state index contributed by atoms with van der Waals surface area (Å²) in [5.74, 6) is -2.69. The van der Waals surface area contributed by atoms with Crippen LogP contribution in [0.1, 0.15) is 36.2 Å². The molecule has 0 unspecified atom stereocenters. The van der Waals surface area contributed by atoms with E-state index < -0.39 is 23.8 Å². The predicted octanol–water partition coefficient (Wildman–Crippen LogP) is 3.07. The number of halogens is 2. The molecule has 0 aliphatic carbocycles. The lowest BCUT2D eigenvalue weighted by Crippen LogP contribution is -2.14. The van der Waals surface area contributed by atoms with Gasteiger partial charge in [-0.1, -0.05) is 13.8 Å². The van der Waals surface area contributed by atoms with Crippen molar-refractivity contribution < 1.29 is 18.4 Å². The van der Waals surface area contributed by atoms with E-state index in [1.165, 1.54) is 6.92 Å². The quantitative estimate of drug-likeness (QED) is 0.598. The third-order valence-corrected chi connectivity index (χ3v) is 2.53. The molecule has 0 spiro atoms. The minimum atomic E-state index is -0.787. The zero-order chi connectivity index (χ0) is 13.2. The van der Waals surface area contributed by atoms with E-state index in [1.54, 1.807) is 13.8 Å². The van der Waals surface area contributed by atoms with E-state index in [0.29, 0.717) is 0 Å². The minimum absolute atomic E-state index is 0.134. The molecule has 0 bridgehead atoms. The Labute approximate surface area is 98.6 Å². The Morgan fingerprint density at radius 2 is 1.76 bits per heavy atom. The highest BCUT2D eigenvalue weighted by Gasteiger charge is 2.19. The summed E-state index contributed by atoms with van der Waals surface area (Å²) in [6, 6.07) is 1.81. The van der Waals surface area contributed by atoms with Gasteiger partial charge in [-0.2, -0.15) is 0 Å². The first-order chi connectivity index (χ1) is 7.82. The van der Waals surface area contributed by atoms with Gasteiger partial charge in [-0.05, 0) is 24.6 Å². The molecule has 1 aromatic carbocycles. The van der Waals surface area contributed by atoms with Gasteiger partial charge in [-0.15, -0.1) is 0 Å². The molecule has 1 aromatic rings. The third-order valence-electron chi connectivity index (χ3n) is 2.53. The molecular formula is C13H14F2O2. The molecule has 1 rings (SSSR count). The predicted molar refractivity (Wildman–Crippen MR) is 59.9 cm³/mol. The van der Waals surface area contributed by atoms with Gasteiger partial charge in [-0.3, -0.25) is 9.59 Å². The number of ketones is 2. The Morgan fingerprint density at radius 3 is 2.29 bits per heavy atom. The first-order valence-corrected chi connectivity index (χ1v) is 5.34. The lowest BCUT2D eigenvalue weighted by Gasteiger charge is -2.06. The van der Waals surface area contributed by atoms with Gasteiger partial charge >= 0.3 is 0 Å². The van der Waals surface area contributed by atoms with Crippen molar-refractivity contribution in [2.45, 2.75) is 27.2 Å². The summed E-state index contributed by atoms with van der Waals surface area (Å²) in [6.45, 7) is 4.72. The number of aryl methyl sites for hydroxylation is 1. The van der Waals surface area contributed by atoms with Gasteiger partial charge in [0.25, 0.3) is 0 Å².